The normalized spacial score (nSPS) is 13.0. The highest BCUT2D eigenvalue weighted by atomic mass is 19.4. The molecule has 0 saturated heterocycles. The number of Topliss-reactive ketones (excluding diaryl/α,β-unsaturated/α-hetero) is 1. The number of halogens is 3. The summed E-state index contributed by atoms with van der Waals surface area (Å²) in [7, 11) is 0. The lowest BCUT2D eigenvalue weighted by molar-refractivity contribution is -0.339. The summed E-state index contributed by atoms with van der Waals surface area (Å²) in [5, 5.41) is 0. The van der Waals surface area contributed by atoms with E-state index >= 15 is 0 Å². The van der Waals surface area contributed by atoms with Crippen LogP contribution in [0, 0.1) is 0 Å². The molecule has 0 saturated carbocycles. The van der Waals surface area contributed by atoms with E-state index in [1.54, 1.807) is 30.3 Å². The third-order valence-corrected chi connectivity index (χ3v) is 2.97. The van der Waals surface area contributed by atoms with Gasteiger partial charge in [-0.25, -0.2) is 0 Å². The van der Waals surface area contributed by atoms with Crippen LogP contribution in [0.25, 0.3) is 0 Å². The molecule has 2 rings (SSSR count). The second kappa shape index (κ2) is 6.10. The summed E-state index contributed by atoms with van der Waals surface area (Å²) in [4.78, 5) is 11.2. The van der Waals surface area contributed by atoms with E-state index in [1.165, 1.54) is 31.2 Å². The van der Waals surface area contributed by atoms with Gasteiger partial charge in [-0.05, 0) is 18.1 Å². The summed E-state index contributed by atoms with van der Waals surface area (Å²) >= 11 is 0. The molecule has 0 heterocycles. The number of carbonyl (C=O) groups is 1. The maximum atomic E-state index is 12.6. The van der Waals surface area contributed by atoms with Gasteiger partial charge >= 0.3 is 6.36 Å². The second-order valence-electron chi connectivity index (χ2n) is 4.53. The third kappa shape index (κ3) is 4.16. The van der Waals surface area contributed by atoms with Crippen LogP contribution in [0.2, 0.25) is 0 Å². The summed E-state index contributed by atoms with van der Waals surface area (Å²) in [5.41, 5.74) is 1.17. The Hall–Kier alpha value is -2.14. The quantitative estimate of drug-likeness (QED) is 0.775. The smallest absolute Gasteiger partial charge is 0.295 e. The molecule has 0 aromatic heterocycles. The van der Waals surface area contributed by atoms with Crippen LogP contribution in [0.1, 0.15) is 34.5 Å². The Bertz CT molecular complexity index is 604. The first kappa shape index (κ1) is 15.3. The summed E-state index contributed by atoms with van der Waals surface area (Å²) < 4.78 is 42.0. The molecule has 0 radical (unpaired) electrons. The highest BCUT2D eigenvalue weighted by Crippen LogP contribution is 2.33. The third-order valence-electron chi connectivity index (χ3n) is 2.97. The van der Waals surface area contributed by atoms with Gasteiger partial charge in [-0.2, -0.15) is 0 Å². The van der Waals surface area contributed by atoms with E-state index in [9.17, 15) is 18.0 Å². The van der Waals surface area contributed by atoms with Gasteiger partial charge in [-0.15, -0.1) is 13.2 Å². The van der Waals surface area contributed by atoms with Gasteiger partial charge in [0.2, 0.25) is 0 Å². The van der Waals surface area contributed by atoms with Crippen LogP contribution >= 0.6 is 0 Å². The zero-order valence-corrected chi connectivity index (χ0v) is 11.2. The summed E-state index contributed by atoms with van der Waals surface area (Å²) in [6.45, 7) is 1.40. The molecular weight excluding hydrogens is 281 g/mol. The number of ether oxygens (including phenoxy) is 1. The van der Waals surface area contributed by atoms with Crippen molar-refractivity contribution in [3.05, 3.63) is 71.3 Å². The highest BCUT2D eigenvalue weighted by molar-refractivity contribution is 5.94. The molecule has 2 aromatic rings. The zero-order chi connectivity index (χ0) is 15.5. The van der Waals surface area contributed by atoms with Gasteiger partial charge in [0.15, 0.2) is 5.78 Å². The number of benzene rings is 2. The predicted octanol–water partition coefficient (Wildman–Crippen LogP) is 4.52. The fraction of sp³-hybridized carbons (Fsp3) is 0.188. The lowest BCUT2D eigenvalue weighted by Crippen LogP contribution is -2.19. The highest BCUT2D eigenvalue weighted by Gasteiger charge is 2.35. The van der Waals surface area contributed by atoms with Crippen molar-refractivity contribution in [2.75, 3.05) is 0 Å². The molecule has 1 atom stereocenters. The Labute approximate surface area is 120 Å². The lowest BCUT2D eigenvalue weighted by Gasteiger charge is -2.20. The number of hydrogen-bond acceptors (Lipinski definition) is 2. The van der Waals surface area contributed by atoms with Crippen LogP contribution in [0.15, 0.2) is 54.6 Å². The zero-order valence-electron chi connectivity index (χ0n) is 11.2. The maximum absolute atomic E-state index is 12.6. The molecule has 110 valence electrons. The minimum absolute atomic E-state index is 0.144. The number of alkyl halides is 3. The fourth-order valence-corrected chi connectivity index (χ4v) is 1.98. The van der Waals surface area contributed by atoms with Gasteiger partial charge in [-0.3, -0.25) is 9.53 Å². The largest absolute Gasteiger partial charge is 0.523 e. The SMILES string of the molecule is CC(=O)c1ccc([C@H](OC(F)(F)F)c2ccccc2)cc1. The molecule has 2 nitrogen and oxygen atoms in total. The predicted molar refractivity (Wildman–Crippen MR) is 71.9 cm³/mol. The molecule has 0 aliphatic rings. The molecule has 0 aliphatic heterocycles. The van der Waals surface area contributed by atoms with Gasteiger partial charge in [0.1, 0.15) is 6.10 Å². The number of rotatable bonds is 4. The van der Waals surface area contributed by atoms with Crippen LogP contribution in [0.4, 0.5) is 13.2 Å². The van der Waals surface area contributed by atoms with Crippen molar-refractivity contribution in [3.8, 4) is 0 Å². The Morgan fingerprint density at radius 3 is 1.95 bits per heavy atom. The van der Waals surface area contributed by atoms with Gasteiger partial charge in [-0.1, -0.05) is 54.6 Å². The average molecular weight is 294 g/mol. The summed E-state index contributed by atoms with van der Waals surface area (Å²) in [6.07, 6.45) is -6.01. The summed E-state index contributed by atoms with van der Waals surface area (Å²) in [5.74, 6) is -0.144. The minimum atomic E-state index is -4.75. The average Bonchev–Trinajstić information content (AvgIpc) is 2.45. The van der Waals surface area contributed by atoms with E-state index in [4.69, 9.17) is 0 Å². The number of hydrogen-bond donors (Lipinski definition) is 0. The number of ketones is 1. The van der Waals surface area contributed by atoms with E-state index < -0.39 is 12.5 Å². The maximum Gasteiger partial charge on any atom is 0.523 e. The van der Waals surface area contributed by atoms with Crippen LogP contribution in [0.5, 0.6) is 0 Å². The van der Waals surface area contributed by atoms with Crippen molar-refractivity contribution in [3.63, 3.8) is 0 Å². The molecule has 21 heavy (non-hydrogen) atoms. The molecule has 0 fully saturated rings. The fourth-order valence-electron chi connectivity index (χ4n) is 1.98. The van der Waals surface area contributed by atoms with Crippen LogP contribution in [-0.2, 0) is 4.74 Å². The van der Waals surface area contributed by atoms with Crippen molar-refractivity contribution in [2.24, 2.45) is 0 Å². The Balaban J connectivity index is 2.37. The monoisotopic (exact) mass is 294 g/mol. The Morgan fingerprint density at radius 2 is 1.48 bits per heavy atom. The van der Waals surface area contributed by atoms with Gasteiger partial charge in [0.05, 0.1) is 0 Å². The van der Waals surface area contributed by atoms with Gasteiger partial charge in [0, 0.05) is 5.56 Å². The van der Waals surface area contributed by atoms with E-state index in [0.29, 0.717) is 16.7 Å². The number of carbonyl (C=O) groups excluding carboxylic acids is 1. The van der Waals surface area contributed by atoms with Crippen molar-refractivity contribution >= 4 is 5.78 Å². The topological polar surface area (TPSA) is 26.3 Å². The van der Waals surface area contributed by atoms with E-state index in [-0.39, 0.29) is 5.78 Å². The van der Waals surface area contributed by atoms with Crippen molar-refractivity contribution < 1.29 is 22.7 Å². The second-order valence-corrected chi connectivity index (χ2v) is 4.53. The molecule has 0 spiro atoms. The van der Waals surface area contributed by atoms with E-state index in [0.717, 1.165) is 0 Å². The van der Waals surface area contributed by atoms with E-state index in [1.807, 2.05) is 0 Å². The summed E-state index contributed by atoms with van der Waals surface area (Å²) in [6, 6.07) is 14.1. The molecule has 5 heteroatoms. The Morgan fingerprint density at radius 1 is 0.952 bits per heavy atom. The van der Waals surface area contributed by atoms with E-state index in [2.05, 4.69) is 4.74 Å². The first-order valence-electron chi connectivity index (χ1n) is 6.27. The Kier molecular flexibility index (Phi) is 4.43. The molecule has 2 aromatic carbocycles. The van der Waals surface area contributed by atoms with Crippen molar-refractivity contribution in [1.82, 2.24) is 0 Å². The molecule has 0 aliphatic carbocycles. The molecule has 0 bridgehead atoms. The first-order valence-corrected chi connectivity index (χ1v) is 6.27. The van der Waals surface area contributed by atoms with Crippen LogP contribution < -0.4 is 0 Å². The molecule has 0 amide bonds. The van der Waals surface area contributed by atoms with Crippen molar-refractivity contribution in [1.29, 1.82) is 0 Å². The van der Waals surface area contributed by atoms with Gasteiger partial charge < -0.3 is 0 Å². The first-order chi connectivity index (χ1) is 9.87. The molecule has 0 N–H and O–H groups in total. The van der Waals surface area contributed by atoms with Crippen LogP contribution in [-0.4, -0.2) is 12.1 Å². The van der Waals surface area contributed by atoms with Crippen LogP contribution in [0.3, 0.4) is 0 Å². The standard InChI is InChI=1S/C16H13F3O2/c1-11(20)12-7-9-14(10-8-12)15(21-16(17,18)19)13-5-3-2-4-6-13/h2-10,15H,1H3/t15-/m1/s1. The molecular formula is C16H13F3O2. The van der Waals surface area contributed by atoms with Crippen molar-refractivity contribution in [2.45, 2.75) is 19.4 Å². The van der Waals surface area contributed by atoms with Gasteiger partial charge in [0.25, 0.3) is 0 Å². The minimum Gasteiger partial charge on any atom is -0.295 e. The molecule has 0 unspecified atom stereocenters. The lowest BCUT2D eigenvalue weighted by atomic mass is 9.99.